The molecule has 1 saturated heterocycles. The van der Waals surface area contributed by atoms with Crippen molar-refractivity contribution in [2.24, 2.45) is 7.05 Å². The van der Waals surface area contributed by atoms with Gasteiger partial charge >= 0.3 is 4.87 Å². The first-order chi connectivity index (χ1) is 7.27. The molecule has 1 aromatic rings. The molecular weight excluding hydrogens is 208 g/mol. The Balaban J connectivity index is 1.87. The molecule has 0 amide bonds. The van der Waals surface area contributed by atoms with Crippen LogP contribution in [0.1, 0.15) is 25.0 Å². The molecule has 84 valence electrons. The molecule has 1 fully saturated rings. The molecule has 0 N–H and O–H groups in total. The van der Waals surface area contributed by atoms with Crippen molar-refractivity contribution in [3.8, 4) is 0 Å². The Labute approximate surface area is 94.3 Å². The SMILES string of the molecule is Cn1c(CCN2CCCCC2)csc1=O. The van der Waals surface area contributed by atoms with Gasteiger partial charge in [0.1, 0.15) is 0 Å². The van der Waals surface area contributed by atoms with Crippen LogP contribution in [0.3, 0.4) is 0 Å². The fourth-order valence-corrected chi connectivity index (χ4v) is 2.86. The average Bonchev–Trinajstić information content (AvgIpc) is 2.59. The summed E-state index contributed by atoms with van der Waals surface area (Å²) in [7, 11) is 1.87. The number of nitrogens with zero attached hydrogens (tertiary/aromatic N) is 2. The molecule has 0 aromatic carbocycles. The second kappa shape index (κ2) is 4.94. The maximum absolute atomic E-state index is 11.3. The van der Waals surface area contributed by atoms with E-state index in [9.17, 15) is 4.79 Å². The van der Waals surface area contributed by atoms with Gasteiger partial charge in [0.15, 0.2) is 0 Å². The highest BCUT2D eigenvalue weighted by Crippen LogP contribution is 2.10. The summed E-state index contributed by atoms with van der Waals surface area (Å²) in [6.45, 7) is 3.57. The van der Waals surface area contributed by atoms with Gasteiger partial charge in [0.25, 0.3) is 0 Å². The van der Waals surface area contributed by atoms with Crippen LogP contribution in [0.4, 0.5) is 0 Å². The van der Waals surface area contributed by atoms with Crippen LogP contribution in [-0.2, 0) is 13.5 Å². The Morgan fingerprint density at radius 2 is 2.07 bits per heavy atom. The fraction of sp³-hybridized carbons (Fsp3) is 0.727. The molecule has 1 aromatic heterocycles. The second-order valence-corrected chi connectivity index (χ2v) is 5.02. The Hall–Kier alpha value is -0.610. The van der Waals surface area contributed by atoms with Gasteiger partial charge < -0.3 is 9.47 Å². The van der Waals surface area contributed by atoms with Crippen LogP contribution >= 0.6 is 11.3 Å². The number of aromatic nitrogens is 1. The minimum Gasteiger partial charge on any atom is -0.306 e. The fourth-order valence-electron chi connectivity index (χ4n) is 2.08. The summed E-state index contributed by atoms with van der Waals surface area (Å²) >= 11 is 1.31. The monoisotopic (exact) mass is 226 g/mol. The van der Waals surface area contributed by atoms with E-state index in [0.717, 1.165) is 13.0 Å². The molecule has 0 bridgehead atoms. The Bertz CT molecular complexity index is 363. The van der Waals surface area contributed by atoms with Gasteiger partial charge in [-0.25, -0.2) is 0 Å². The van der Waals surface area contributed by atoms with Crippen molar-refractivity contribution >= 4 is 11.3 Å². The van der Waals surface area contributed by atoms with Crippen LogP contribution in [0.2, 0.25) is 0 Å². The van der Waals surface area contributed by atoms with Gasteiger partial charge in [0.05, 0.1) is 0 Å². The van der Waals surface area contributed by atoms with E-state index in [0.29, 0.717) is 0 Å². The third kappa shape index (κ3) is 2.69. The smallest absolute Gasteiger partial charge is 0.306 e. The van der Waals surface area contributed by atoms with Crippen LogP contribution < -0.4 is 4.87 Å². The van der Waals surface area contributed by atoms with Crippen molar-refractivity contribution in [2.45, 2.75) is 25.7 Å². The van der Waals surface area contributed by atoms with Gasteiger partial charge in [-0.1, -0.05) is 17.8 Å². The van der Waals surface area contributed by atoms with Crippen LogP contribution in [0.25, 0.3) is 0 Å². The van der Waals surface area contributed by atoms with E-state index in [-0.39, 0.29) is 4.87 Å². The number of hydrogen-bond acceptors (Lipinski definition) is 3. The zero-order valence-corrected chi connectivity index (χ0v) is 10.1. The molecule has 2 heterocycles. The number of hydrogen-bond donors (Lipinski definition) is 0. The molecule has 4 heteroatoms. The Morgan fingerprint density at radius 3 is 2.67 bits per heavy atom. The van der Waals surface area contributed by atoms with Crippen LogP contribution in [-0.4, -0.2) is 29.1 Å². The van der Waals surface area contributed by atoms with Crippen molar-refractivity contribution in [3.05, 3.63) is 20.7 Å². The lowest BCUT2D eigenvalue weighted by molar-refractivity contribution is 0.230. The van der Waals surface area contributed by atoms with Crippen LogP contribution in [0.15, 0.2) is 10.2 Å². The Morgan fingerprint density at radius 1 is 1.33 bits per heavy atom. The molecule has 2 rings (SSSR count). The summed E-state index contributed by atoms with van der Waals surface area (Å²) < 4.78 is 1.77. The zero-order chi connectivity index (χ0) is 10.7. The molecule has 0 aliphatic carbocycles. The summed E-state index contributed by atoms with van der Waals surface area (Å²) in [6, 6.07) is 0. The summed E-state index contributed by atoms with van der Waals surface area (Å²) in [5.74, 6) is 0. The van der Waals surface area contributed by atoms with Crippen molar-refractivity contribution < 1.29 is 0 Å². The summed E-state index contributed by atoms with van der Waals surface area (Å²) in [5.41, 5.74) is 1.18. The van der Waals surface area contributed by atoms with E-state index < -0.39 is 0 Å². The number of rotatable bonds is 3. The molecule has 0 radical (unpaired) electrons. The average molecular weight is 226 g/mol. The first kappa shape index (κ1) is 10.9. The molecule has 0 spiro atoms. The highest BCUT2D eigenvalue weighted by molar-refractivity contribution is 7.07. The molecule has 15 heavy (non-hydrogen) atoms. The van der Waals surface area contributed by atoms with Crippen molar-refractivity contribution in [2.75, 3.05) is 19.6 Å². The van der Waals surface area contributed by atoms with Crippen molar-refractivity contribution in [1.29, 1.82) is 0 Å². The van der Waals surface area contributed by atoms with Crippen molar-refractivity contribution in [1.82, 2.24) is 9.47 Å². The number of thiazole rings is 1. The lowest BCUT2D eigenvalue weighted by Gasteiger charge is -2.26. The normalized spacial score (nSPS) is 18.2. The highest BCUT2D eigenvalue weighted by Gasteiger charge is 2.10. The maximum Gasteiger partial charge on any atom is 0.307 e. The van der Waals surface area contributed by atoms with E-state index in [1.54, 1.807) is 4.57 Å². The lowest BCUT2D eigenvalue weighted by Crippen LogP contribution is -2.32. The first-order valence-electron chi connectivity index (χ1n) is 5.63. The molecule has 1 aliphatic heterocycles. The van der Waals surface area contributed by atoms with Crippen LogP contribution in [0, 0.1) is 0 Å². The summed E-state index contributed by atoms with van der Waals surface area (Å²) in [4.78, 5) is 13.9. The van der Waals surface area contributed by atoms with Gasteiger partial charge in [-0.3, -0.25) is 4.79 Å². The zero-order valence-electron chi connectivity index (χ0n) is 9.24. The van der Waals surface area contributed by atoms with Crippen molar-refractivity contribution in [3.63, 3.8) is 0 Å². The number of piperidine rings is 1. The van der Waals surface area contributed by atoms with E-state index in [1.165, 1.54) is 49.4 Å². The first-order valence-corrected chi connectivity index (χ1v) is 6.51. The molecule has 1 aliphatic rings. The molecule has 0 atom stereocenters. The minimum atomic E-state index is 0.156. The number of likely N-dealkylation sites (tertiary alicyclic amines) is 1. The summed E-state index contributed by atoms with van der Waals surface area (Å²) in [5, 5.41) is 1.99. The van der Waals surface area contributed by atoms with Gasteiger partial charge in [-0.15, -0.1) is 0 Å². The maximum atomic E-state index is 11.3. The van der Waals surface area contributed by atoms with E-state index >= 15 is 0 Å². The quantitative estimate of drug-likeness (QED) is 0.780. The van der Waals surface area contributed by atoms with Gasteiger partial charge in [0, 0.05) is 31.1 Å². The van der Waals surface area contributed by atoms with E-state index in [4.69, 9.17) is 0 Å². The third-order valence-electron chi connectivity index (χ3n) is 3.13. The standard InChI is InChI=1S/C11H18N2OS/c1-12-10(9-15-11(12)14)5-8-13-6-3-2-4-7-13/h9H,2-8H2,1H3. The van der Waals surface area contributed by atoms with Gasteiger partial charge in [0.2, 0.25) is 0 Å². The van der Waals surface area contributed by atoms with Gasteiger partial charge in [-0.2, -0.15) is 0 Å². The van der Waals surface area contributed by atoms with Gasteiger partial charge in [-0.05, 0) is 25.9 Å². The topological polar surface area (TPSA) is 25.2 Å². The largest absolute Gasteiger partial charge is 0.307 e. The molecule has 0 unspecified atom stereocenters. The lowest BCUT2D eigenvalue weighted by atomic mass is 10.1. The predicted molar refractivity (Wildman–Crippen MR) is 63.6 cm³/mol. The Kier molecular flexibility index (Phi) is 3.59. The molecule has 0 saturated carbocycles. The highest BCUT2D eigenvalue weighted by atomic mass is 32.1. The molecular formula is C11H18N2OS. The van der Waals surface area contributed by atoms with E-state index in [2.05, 4.69) is 4.90 Å². The third-order valence-corrected chi connectivity index (χ3v) is 4.00. The van der Waals surface area contributed by atoms with E-state index in [1.807, 2.05) is 12.4 Å². The van der Waals surface area contributed by atoms with Crippen LogP contribution in [0.5, 0.6) is 0 Å². The predicted octanol–water partition coefficient (Wildman–Crippen LogP) is 1.48. The minimum absolute atomic E-state index is 0.156. The second-order valence-electron chi connectivity index (χ2n) is 4.20. The summed E-state index contributed by atoms with van der Waals surface area (Å²) in [6.07, 6.45) is 5.06. The molecule has 3 nitrogen and oxygen atoms in total.